The number of halogens is 4. The van der Waals surface area contributed by atoms with Crippen molar-refractivity contribution in [1.29, 1.82) is 0 Å². The van der Waals surface area contributed by atoms with Gasteiger partial charge in [-0.3, -0.25) is 0 Å². The molecule has 1 aromatic carbocycles. The van der Waals surface area contributed by atoms with E-state index in [9.17, 15) is 0 Å². The maximum Gasteiger partial charge on any atom is 0.134 e. The monoisotopic (exact) mass is 323 g/mol. The lowest BCUT2D eigenvalue weighted by atomic mass is 10.2. The largest absolute Gasteiger partial charge is 0.235 e. The number of rotatable bonds is 1. The summed E-state index contributed by atoms with van der Waals surface area (Å²) in [5.41, 5.74) is 1.60. The number of aromatic nitrogens is 1. The van der Waals surface area contributed by atoms with Crippen LogP contribution in [0.3, 0.4) is 0 Å². The van der Waals surface area contributed by atoms with E-state index in [0.29, 0.717) is 16.1 Å². The lowest BCUT2D eigenvalue weighted by Gasteiger charge is -2.05. The van der Waals surface area contributed by atoms with Crippen LogP contribution in [0.4, 0.5) is 0 Å². The number of benzene rings is 1. The Balaban J connectivity index is 2.81. The molecule has 0 saturated carbocycles. The van der Waals surface area contributed by atoms with E-state index in [0.717, 1.165) is 20.9 Å². The van der Waals surface area contributed by atoms with Crippen molar-refractivity contribution in [2.45, 2.75) is 5.88 Å². The normalized spacial score (nSPS) is 10.9. The summed E-state index contributed by atoms with van der Waals surface area (Å²) in [5, 5.41) is 2.01. The molecule has 2 rings (SSSR count). The lowest BCUT2D eigenvalue weighted by molar-refractivity contribution is 1.30. The topological polar surface area (TPSA) is 12.9 Å². The molecule has 0 aliphatic rings. The first kappa shape index (κ1) is 11.5. The van der Waals surface area contributed by atoms with Crippen molar-refractivity contribution < 1.29 is 0 Å². The molecule has 0 amide bonds. The Labute approximate surface area is 110 Å². The van der Waals surface area contributed by atoms with Gasteiger partial charge in [0.15, 0.2) is 0 Å². The highest BCUT2D eigenvalue weighted by Crippen LogP contribution is 2.30. The molecule has 0 radical (unpaired) electrons. The van der Waals surface area contributed by atoms with Gasteiger partial charge in [0.25, 0.3) is 0 Å². The van der Waals surface area contributed by atoms with Crippen molar-refractivity contribution in [3.05, 3.63) is 38.4 Å². The standard InChI is InChI=1S/C10H5BrCl3N/c11-8-3-7(13)2-5-1-6(4-12)10(14)15-9(5)8/h1-3H,4H2. The lowest BCUT2D eigenvalue weighted by Crippen LogP contribution is -1.88. The molecule has 0 atom stereocenters. The molecule has 1 aromatic heterocycles. The minimum Gasteiger partial charge on any atom is -0.235 e. The summed E-state index contributed by atoms with van der Waals surface area (Å²) in [7, 11) is 0. The smallest absolute Gasteiger partial charge is 0.134 e. The van der Waals surface area contributed by atoms with Crippen LogP contribution in [0.25, 0.3) is 10.9 Å². The van der Waals surface area contributed by atoms with Gasteiger partial charge in [-0.2, -0.15) is 0 Å². The highest BCUT2D eigenvalue weighted by atomic mass is 79.9. The molecular formula is C10H5BrCl3N. The molecule has 15 heavy (non-hydrogen) atoms. The summed E-state index contributed by atoms with van der Waals surface area (Å²) < 4.78 is 0.827. The first-order valence-corrected chi connectivity index (χ1v) is 6.20. The molecule has 0 spiro atoms. The molecule has 0 aliphatic heterocycles. The Kier molecular flexibility index (Phi) is 3.41. The summed E-state index contributed by atoms with van der Waals surface area (Å²) in [4.78, 5) is 4.26. The second kappa shape index (κ2) is 4.46. The van der Waals surface area contributed by atoms with Gasteiger partial charge in [0.2, 0.25) is 0 Å². The van der Waals surface area contributed by atoms with Gasteiger partial charge < -0.3 is 0 Å². The molecule has 1 nitrogen and oxygen atoms in total. The van der Waals surface area contributed by atoms with E-state index in [-0.39, 0.29) is 0 Å². The average Bonchev–Trinajstić information content (AvgIpc) is 2.18. The summed E-state index contributed by atoms with van der Waals surface area (Å²) in [6, 6.07) is 5.52. The SMILES string of the molecule is ClCc1cc2cc(Cl)cc(Br)c2nc1Cl. The number of fused-ring (bicyclic) bond motifs is 1. The van der Waals surface area contributed by atoms with E-state index in [2.05, 4.69) is 20.9 Å². The third-order valence-corrected chi connectivity index (χ3v) is 3.44. The zero-order chi connectivity index (χ0) is 11.0. The summed E-state index contributed by atoms with van der Waals surface area (Å²) in [6.45, 7) is 0. The highest BCUT2D eigenvalue weighted by Gasteiger charge is 2.07. The Morgan fingerprint density at radius 1 is 1.20 bits per heavy atom. The Hall–Kier alpha value is -0.0200. The molecule has 78 valence electrons. The van der Waals surface area contributed by atoms with Crippen LogP contribution in [0.15, 0.2) is 22.7 Å². The summed E-state index contributed by atoms with van der Waals surface area (Å²) in [6.07, 6.45) is 0. The maximum absolute atomic E-state index is 5.97. The molecule has 5 heteroatoms. The van der Waals surface area contributed by atoms with Crippen LogP contribution < -0.4 is 0 Å². The minimum absolute atomic E-state index is 0.339. The average molecular weight is 325 g/mol. The molecule has 1 heterocycles. The molecule has 0 fully saturated rings. The van der Waals surface area contributed by atoms with Crippen LogP contribution in [0, 0.1) is 0 Å². The van der Waals surface area contributed by atoms with Crippen LogP contribution >= 0.6 is 50.7 Å². The quantitative estimate of drug-likeness (QED) is 0.528. The van der Waals surface area contributed by atoms with E-state index in [1.165, 1.54) is 0 Å². The summed E-state index contributed by atoms with van der Waals surface area (Å²) >= 11 is 21.0. The third kappa shape index (κ3) is 2.23. The van der Waals surface area contributed by atoms with Crippen LogP contribution in [0.5, 0.6) is 0 Å². The highest BCUT2D eigenvalue weighted by molar-refractivity contribution is 9.10. The van der Waals surface area contributed by atoms with Crippen LogP contribution in [-0.2, 0) is 5.88 Å². The number of nitrogens with zero attached hydrogens (tertiary/aromatic N) is 1. The molecule has 0 aliphatic carbocycles. The second-order valence-electron chi connectivity index (χ2n) is 3.03. The Morgan fingerprint density at radius 2 is 1.93 bits per heavy atom. The fourth-order valence-electron chi connectivity index (χ4n) is 1.32. The van der Waals surface area contributed by atoms with E-state index in [1.807, 2.05) is 12.1 Å². The van der Waals surface area contributed by atoms with Crippen molar-refractivity contribution in [3.8, 4) is 0 Å². The van der Waals surface area contributed by atoms with Gasteiger partial charge in [-0.1, -0.05) is 23.2 Å². The van der Waals surface area contributed by atoms with Crippen molar-refractivity contribution in [2.24, 2.45) is 0 Å². The van der Waals surface area contributed by atoms with Gasteiger partial charge in [0, 0.05) is 20.4 Å². The Morgan fingerprint density at radius 3 is 2.60 bits per heavy atom. The number of pyridine rings is 1. The van der Waals surface area contributed by atoms with Crippen molar-refractivity contribution in [2.75, 3.05) is 0 Å². The van der Waals surface area contributed by atoms with E-state index >= 15 is 0 Å². The van der Waals surface area contributed by atoms with Gasteiger partial charge in [0.1, 0.15) is 5.15 Å². The molecule has 0 saturated heterocycles. The van der Waals surface area contributed by atoms with Gasteiger partial charge in [-0.15, -0.1) is 11.6 Å². The first-order chi connectivity index (χ1) is 7.11. The zero-order valence-electron chi connectivity index (χ0n) is 7.40. The van der Waals surface area contributed by atoms with E-state index in [4.69, 9.17) is 34.8 Å². The van der Waals surface area contributed by atoms with Crippen LogP contribution in [0.2, 0.25) is 10.2 Å². The number of alkyl halides is 1. The predicted octanol–water partition coefficient (Wildman–Crippen LogP) is 5.04. The van der Waals surface area contributed by atoms with Crippen LogP contribution in [0.1, 0.15) is 5.56 Å². The van der Waals surface area contributed by atoms with Gasteiger partial charge in [-0.05, 0) is 34.1 Å². The molecule has 0 bridgehead atoms. The second-order valence-corrected chi connectivity index (χ2v) is 4.95. The number of hydrogen-bond acceptors (Lipinski definition) is 1. The van der Waals surface area contributed by atoms with Crippen molar-refractivity contribution in [3.63, 3.8) is 0 Å². The predicted molar refractivity (Wildman–Crippen MR) is 69.0 cm³/mol. The van der Waals surface area contributed by atoms with Gasteiger partial charge >= 0.3 is 0 Å². The fourth-order valence-corrected chi connectivity index (χ4v) is 2.73. The molecule has 0 N–H and O–H groups in total. The summed E-state index contributed by atoms with van der Waals surface area (Å²) in [5.74, 6) is 0.339. The van der Waals surface area contributed by atoms with E-state index < -0.39 is 0 Å². The molecular weight excluding hydrogens is 320 g/mol. The van der Waals surface area contributed by atoms with Gasteiger partial charge in [-0.25, -0.2) is 4.98 Å². The maximum atomic E-state index is 5.97. The Bertz CT molecular complexity index is 528. The first-order valence-electron chi connectivity index (χ1n) is 4.12. The minimum atomic E-state index is 0.339. The van der Waals surface area contributed by atoms with Crippen LogP contribution in [-0.4, -0.2) is 4.98 Å². The number of hydrogen-bond donors (Lipinski definition) is 0. The van der Waals surface area contributed by atoms with Crippen molar-refractivity contribution in [1.82, 2.24) is 4.98 Å². The van der Waals surface area contributed by atoms with E-state index in [1.54, 1.807) is 6.07 Å². The molecule has 2 aromatic rings. The van der Waals surface area contributed by atoms with Crippen molar-refractivity contribution >= 4 is 61.6 Å². The molecule has 0 unspecified atom stereocenters. The third-order valence-electron chi connectivity index (χ3n) is 2.01. The van der Waals surface area contributed by atoms with Gasteiger partial charge in [0.05, 0.1) is 11.4 Å². The zero-order valence-corrected chi connectivity index (χ0v) is 11.3. The fraction of sp³-hybridized carbons (Fsp3) is 0.100.